The minimum absolute atomic E-state index is 0.331. The van der Waals surface area contributed by atoms with E-state index in [0.29, 0.717) is 12.6 Å². The average molecular weight is 396 g/mol. The lowest BCUT2D eigenvalue weighted by Crippen LogP contribution is -2.21. The van der Waals surface area contributed by atoms with Crippen molar-refractivity contribution in [2.75, 3.05) is 0 Å². The van der Waals surface area contributed by atoms with Crippen molar-refractivity contribution < 1.29 is 4.74 Å². The third kappa shape index (κ3) is 4.90. The molecular weight excluding hydrogens is 366 g/mol. The van der Waals surface area contributed by atoms with Crippen LogP contribution in [0.15, 0.2) is 97.1 Å². The molecule has 0 aliphatic rings. The highest BCUT2D eigenvalue weighted by atomic mass is 16.5. The van der Waals surface area contributed by atoms with Crippen molar-refractivity contribution >= 4 is 10.8 Å². The van der Waals surface area contributed by atoms with Crippen molar-refractivity contribution in [1.29, 1.82) is 0 Å². The van der Waals surface area contributed by atoms with E-state index >= 15 is 0 Å². The minimum atomic E-state index is 0.331. The van der Waals surface area contributed by atoms with Gasteiger partial charge in [0.25, 0.3) is 0 Å². The van der Waals surface area contributed by atoms with Gasteiger partial charge in [-0.1, -0.05) is 104 Å². The summed E-state index contributed by atoms with van der Waals surface area (Å²) in [5.41, 5.74) is 3.74. The molecule has 0 amide bonds. The summed E-state index contributed by atoms with van der Waals surface area (Å²) >= 11 is 0. The van der Waals surface area contributed by atoms with E-state index in [1.54, 1.807) is 0 Å². The van der Waals surface area contributed by atoms with Crippen LogP contribution in [0.5, 0.6) is 5.75 Å². The van der Waals surface area contributed by atoms with Crippen LogP contribution in [0, 0.1) is 0 Å². The smallest absolute Gasteiger partial charge is 0.124 e. The quantitative estimate of drug-likeness (QED) is 0.328. The molecule has 1 N–H and O–H groups in total. The third-order valence-corrected chi connectivity index (χ3v) is 5.54. The Kier molecular flexibility index (Phi) is 6.79. The molecule has 1 unspecified atom stereocenters. The molecule has 4 aromatic carbocycles. The van der Waals surface area contributed by atoms with Crippen molar-refractivity contribution in [3.8, 4) is 5.75 Å². The zero-order valence-electron chi connectivity index (χ0n) is 17.6. The topological polar surface area (TPSA) is 21.3 Å². The van der Waals surface area contributed by atoms with E-state index < -0.39 is 0 Å². The molecule has 0 bridgehead atoms. The highest BCUT2D eigenvalue weighted by molar-refractivity contribution is 5.87. The fourth-order valence-corrected chi connectivity index (χ4v) is 3.95. The first-order valence-electron chi connectivity index (χ1n) is 10.8. The van der Waals surface area contributed by atoms with Crippen LogP contribution in [0.4, 0.5) is 0 Å². The standard InChI is InChI=1S/C28H29NO/c1-2-11-27(24-15-7-4-8-16-24)29-20-26-25-17-10-9-14-23(25)18-19-28(26)30-21-22-12-5-3-6-13-22/h3-10,12-19,27,29H,2,11,20-21H2,1H3. The molecule has 4 aromatic rings. The zero-order valence-corrected chi connectivity index (χ0v) is 17.6. The Morgan fingerprint density at radius 1 is 0.767 bits per heavy atom. The molecule has 0 aliphatic heterocycles. The Hall–Kier alpha value is -3.10. The van der Waals surface area contributed by atoms with Crippen molar-refractivity contribution in [2.24, 2.45) is 0 Å². The summed E-state index contributed by atoms with van der Waals surface area (Å²) in [5.74, 6) is 0.952. The number of nitrogens with one attached hydrogen (secondary N) is 1. The summed E-state index contributed by atoms with van der Waals surface area (Å²) in [7, 11) is 0. The molecule has 0 heterocycles. The molecule has 2 nitrogen and oxygen atoms in total. The predicted molar refractivity (Wildman–Crippen MR) is 126 cm³/mol. The molecule has 4 rings (SSSR count). The molecule has 1 atom stereocenters. The Morgan fingerprint density at radius 3 is 2.23 bits per heavy atom. The molecule has 152 valence electrons. The van der Waals surface area contributed by atoms with Crippen molar-refractivity contribution in [3.05, 3.63) is 114 Å². The summed E-state index contributed by atoms with van der Waals surface area (Å²) in [6.07, 6.45) is 2.24. The molecule has 0 spiro atoms. The SMILES string of the molecule is CCCC(NCc1c(OCc2ccccc2)ccc2ccccc12)c1ccccc1. The molecule has 0 saturated carbocycles. The summed E-state index contributed by atoms with van der Waals surface area (Å²) in [5, 5.41) is 6.30. The zero-order chi connectivity index (χ0) is 20.6. The molecule has 0 saturated heterocycles. The van der Waals surface area contributed by atoms with Crippen LogP contribution in [0.1, 0.15) is 42.5 Å². The van der Waals surface area contributed by atoms with Crippen LogP contribution in [-0.4, -0.2) is 0 Å². The number of fused-ring (bicyclic) bond motifs is 1. The first-order valence-corrected chi connectivity index (χ1v) is 10.8. The van der Waals surface area contributed by atoms with Gasteiger partial charge in [-0.2, -0.15) is 0 Å². The van der Waals surface area contributed by atoms with Gasteiger partial charge in [0.05, 0.1) is 0 Å². The monoisotopic (exact) mass is 395 g/mol. The fraction of sp³-hybridized carbons (Fsp3) is 0.214. The number of hydrogen-bond donors (Lipinski definition) is 1. The van der Waals surface area contributed by atoms with Crippen LogP contribution in [0.3, 0.4) is 0 Å². The van der Waals surface area contributed by atoms with Crippen LogP contribution in [0.25, 0.3) is 10.8 Å². The Balaban J connectivity index is 1.60. The minimum Gasteiger partial charge on any atom is -0.489 e. The fourth-order valence-electron chi connectivity index (χ4n) is 3.95. The summed E-state index contributed by atoms with van der Waals surface area (Å²) < 4.78 is 6.29. The van der Waals surface area contributed by atoms with Crippen LogP contribution in [-0.2, 0) is 13.2 Å². The highest BCUT2D eigenvalue weighted by Gasteiger charge is 2.14. The average Bonchev–Trinajstić information content (AvgIpc) is 2.82. The normalized spacial score (nSPS) is 12.0. The summed E-state index contributed by atoms with van der Waals surface area (Å²) in [6, 6.07) is 34.2. The Labute approximate surface area is 179 Å². The predicted octanol–water partition coefficient (Wildman–Crippen LogP) is 7.05. The second kappa shape index (κ2) is 10.1. The van der Waals surface area contributed by atoms with E-state index in [4.69, 9.17) is 4.74 Å². The molecule has 0 fully saturated rings. The maximum Gasteiger partial charge on any atom is 0.124 e. The van der Waals surface area contributed by atoms with E-state index in [9.17, 15) is 0 Å². The Bertz CT molecular complexity index is 1060. The van der Waals surface area contributed by atoms with Crippen molar-refractivity contribution in [3.63, 3.8) is 0 Å². The second-order valence-electron chi connectivity index (χ2n) is 7.67. The van der Waals surface area contributed by atoms with Crippen LogP contribution >= 0.6 is 0 Å². The lowest BCUT2D eigenvalue weighted by Gasteiger charge is -2.21. The molecule has 0 aromatic heterocycles. The highest BCUT2D eigenvalue weighted by Crippen LogP contribution is 2.30. The first-order chi connectivity index (χ1) is 14.8. The lowest BCUT2D eigenvalue weighted by molar-refractivity contribution is 0.302. The van der Waals surface area contributed by atoms with Gasteiger partial charge in [-0.25, -0.2) is 0 Å². The molecule has 2 heteroatoms. The van der Waals surface area contributed by atoms with Gasteiger partial charge < -0.3 is 10.1 Å². The van der Waals surface area contributed by atoms with E-state index in [1.165, 1.54) is 27.5 Å². The van der Waals surface area contributed by atoms with E-state index in [2.05, 4.69) is 103 Å². The molecule has 0 aliphatic carbocycles. The number of ether oxygens (including phenoxy) is 1. The van der Waals surface area contributed by atoms with Gasteiger partial charge in [-0.3, -0.25) is 0 Å². The summed E-state index contributed by atoms with van der Waals surface area (Å²) in [4.78, 5) is 0. The van der Waals surface area contributed by atoms with E-state index in [-0.39, 0.29) is 0 Å². The van der Waals surface area contributed by atoms with Gasteiger partial charge in [-0.15, -0.1) is 0 Å². The van der Waals surface area contributed by atoms with Gasteiger partial charge in [0.1, 0.15) is 12.4 Å². The van der Waals surface area contributed by atoms with Crippen LogP contribution < -0.4 is 10.1 Å². The van der Waals surface area contributed by atoms with Gasteiger partial charge in [0, 0.05) is 18.2 Å². The maximum absolute atomic E-state index is 6.29. The van der Waals surface area contributed by atoms with Gasteiger partial charge >= 0.3 is 0 Å². The maximum atomic E-state index is 6.29. The number of hydrogen-bond acceptors (Lipinski definition) is 2. The van der Waals surface area contributed by atoms with Crippen molar-refractivity contribution in [1.82, 2.24) is 5.32 Å². The molecule has 0 radical (unpaired) electrons. The third-order valence-electron chi connectivity index (χ3n) is 5.54. The molecular formula is C28H29NO. The van der Waals surface area contributed by atoms with Gasteiger partial charge in [0.2, 0.25) is 0 Å². The first kappa shape index (κ1) is 20.2. The van der Waals surface area contributed by atoms with Gasteiger partial charge in [0.15, 0.2) is 0 Å². The Morgan fingerprint density at radius 2 is 1.47 bits per heavy atom. The molecule has 30 heavy (non-hydrogen) atoms. The van der Waals surface area contributed by atoms with E-state index in [1.807, 2.05) is 6.07 Å². The summed E-state index contributed by atoms with van der Waals surface area (Å²) in [6.45, 7) is 3.58. The van der Waals surface area contributed by atoms with E-state index in [0.717, 1.165) is 25.1 Å². The lowest BCUT2D eigenvalue weighted by atomic mass is 10.00. The van der Waals surface area contributed by atoms with Gasteiger partial charge in [-0.05, 0) is 34.4 Å². The largest absolute Gasteiger partial charge is 0.489 e. The second-order valence-corrected chi connectivity index (χ2v) is 7.67. The van der Waals surface area contributed by atoms with Crippen LogP contribution in [0.2, 0.25) is 0 Å². The number of benzene rings is 4. The number of rotatable bonds is 9. The van der Waals surface area contributed by atoms with Crippen molar-refractivity contribution in [2.45, 2.75) is 39.0 Å².